The molecule has 1 aromatic rings. The van der Waals surface area contributed by atoms with Crippen LogP contribution < -0.4 is 21.7 Å². The van der Waals surface area contributed by atoms with E-state index in [1.165, 1.54) is 0 Å². The van der Waals surface area contributed by atoms with Gasteiger partial charge < -0.3 is 26.8 Å². The number of aliphatic carboxylic acids is 1. The molecule has 1 aromatic carbocycles. The summed E-state index contributed by atoms with van der Waals surface area (Å²) in [6, 6.07) is 5.15. The van der Waals surface area contributed by atoms with Gasteiger partial charge in [0.2, 0.25) is 17.7 Å². The number of nitrogens with one attached hydrogen (secondary N) is 3. The van der Waals surface area contributed by atoms with Crippen molar-refractivity contribution in [1.82, 2.24) is 16.0 Å². The number of carboxylic acids is 1. The molecule has 6 N–H and O–H groups in total. The highest BCUT2D eigenvalue weighted by Crippen LogP contribution is 2.09. The molecule has 0 bridgehead atoms. The normalized spacial score (nSPS) is 14.5. The van der Waals surface area contributed by atoms with Crippen LogP contribution in [0.5, 0.6) is 0 Å². The van der Waals surface area contributed by atoms with Crippen molar-refractivity contribution in [2.24, 2.45) is 11.7 Å². The molecular weight excluding hydrogens is 476 g/mol. The number of amides is 3. The van der Waals surface area contributed by atoms with Crippen molar-refractivity contribution in [2.75, 3.05) is 17.8 Å². The minimum atomic E-state index is -1.22. The van der Waals surface area contributed by atoms with E-state index in [0.29, 0.717) is 18.6 Å². The van der Waals surface area contributed by atoms with Crippen LogP contribution >= 0.6 is 24.4 Å². The van der Waals surface area contributed by atoms with Gasteiger partial charge in [-0.1, -0.05) is 44.2 Å². The summed E-state index contributed by atoms with van der Waals surface area (Å²) in [4.78, 5) is 50.0. The Balaban J connectivity index is 3.04. The van der Waals surface area contributed by atoms with Crippen LogP contribution in [0.4, 0.5) is 0 Å². The predicted octanol–water partition coefficient (Wildman–Crippen LogP) is 0.824. The number of rotatable bonds is 15. The Labute approximate surface area is 210 Å². The zero-order valence-corrected chi connectivity index (χ0v) is 21.5. The van der Waals surface area contributed by atoms with Gasteiger partial charge in [0.05, 0.1) is 6.04 Å². The van der Waals surface area contributed by atoms with Crippen molar-refractivity contribution < 1.29 is 24.3 Å². The molecule has 0 heterocycles. The number of hydrogen-bond acceptors (Lipinski definition) is 7. The molecule has 4 atom stereocenters. The van der Waals surface area contributed by atoms with Crippen molar-refractivity contribution >= 4 is 48.1 Å². The summed E-state index contributed by atoms with van der Waals surface area (Å²) in [5.74, 6) is -2.15. The van der Waals surface area contributed by atoms with E-state index >= 15 is 0 Å². The summed E-state index contributed by atoms with van der Waals surface area (Å²) < 4.78 is 0. The van der Waals surface area contributed by atoms with Gasteiger partial charge in [-0.3, -0.25) is 14.4 Å². The van der Waals surface area contributed by atoms with Gasteiger partial charge in [-0.2, -0.15) is 24.4 Å². The van der Waals surface area contributed by atoms with Gasteiger partial charge in [-0.05, 0) is 36.3 Å². The predicted molar refractivity (Wildman–Crippen MR) is 138 cm³/mol. The Morgan fingerprint density at radius 1 is 0.971 bits per heavy atom. The molecule has 11 heteroatoms. The van der Waals surface area contributed by atoms with Crippen molar-refractivity contribution in [3.8, 4) is 0 Å². The lowest BCUT2D eigenvalue weighted by atomic mass is 10.0. The van der Waals surface area contributed by atoms with E-state index in [-0.39, 0.29) is 18.1 Å². The highest BCUT2D eigenvalue weighted by atomic mass is 32.2. The number of carbonyl (C=O) groups is 4. The topological polar surface area (TPSA) is 151 Å². The van der Waals surface area contributed by atoms with Crippen LogP contribution in [0.3, 0.4) is 0 Å². The van der Waals surface area contributed by atoms with Gasteiger partial charge in [0, 0.05) is 12.2 Å². The van der Waals surface area contributed by atoms with Crippen molar-refractivity contribution in [3.05, 3.63) is 35.9 Å². The second kappa shape index (κ2) is 15.6. The van der Waals surface area contributed by atoms with Crippen LogP contribution in [0.2, 0.25) is 0 Å². The first-order chi connectivity index (χ1) is 16.1. The summed E-state index contributed by atoms with van der Waals surface area (Å²) in [5.41, 5.74) is 6.73. The standard InChI is InChI=1S/C23H36N4O5S2/c1-14(2)11-17(25-20(28)16(24)9-10-34-3)21(29)26-18(12-15-7-5-4-6-8-15)22(30)27-19(13-33)23(31)32/h4-8,14,16-19,33H,9-13,24H2,1-3H3,(H,25,28)(H,26,29)(H,27,30)(H,31,32). The molecule has 0 saturated carbocycles. The Hall–Kier alpha value is -2.24. The van der Waals surface area contributed by atoms with E-state index in [0.717, 1.165) is 5.56 Å². The third kappa shape index (κ3) is 10.8. The molecule has 190 valence electrons. The minimum Gasteiger partial charge on any atom is -0.480 e. The van der Waals surface area contributed by atoms with Crippen molar-refractivity contribution in [3.63, 3.8) is 0 Å². The molecule has 0 aliphatic carbocycles. The van der Waals surface area contributed by atoms with E-state index in [9.17, 15) is 24.3 Å². The fourth-order valence-electron chi connectivity index (χ4n) is 3.15. The second-order valence-electron chi connectivity index (χ2n) is 8.41. The lowest BCUT2D eigenvalue weighted by Crippen LogP contribution is -2.58. The molecule has 0 aromatic heterocycles. The zero-order valence-electron chi connectivity index (χ0n) is 19.8. The molecule has 0 aliphatic rings. The molecule has 0 fully saturated rings. The Morgan fingerprint density at radius 3 is 2.06 bits per heavy atom. The van der Waals surface area contributed by atoms with Crippen molar-refractivity contribution in [2.45, 2.75) is 57.3 Å². The van der Waals surface area contributed by atoms with Crippen molar-refractivity contribution in [1.29, 1.82) is 0 Å². The Bertz CT molecular complexity index is 810. The number of carbonyl (C=O) groups excluding carboxylic acids is 3. The first-order valence-electron chi connectivity index (χ1n) is 11.1. The maximum atomic E-state index is 13.2. The molecule has 4 unspecified atom stereocenters. The van der Waals surface area contributed by atoms with Gasteiger partial charge in [-0.15, -0.1) is 0 Å². The number of hydrogen-bond donors (Lipinski definition) is 6. The third-order valence-corrected chi connectivity index (χ3v) is 6.03. The average Bonchev–Trinajstić information content (AvgIpc) is 2.79. The Kier molecular flexibility index (Phi) is 13.7. The molecular formula is C23H36N4O5S2. The molecule has 1 rings (SSSR count). The quantitative estimate of drug-likeness (QED) is 0.190. The van der Waals surface area contributed by atoms with E-state index in [1.807, 2.05) is 26.2 Å². The lowest BCUT2D eigenvalue weighted by molar-refractivity contribution is -0.141. The second-order valence-corrected chi connectivity index (χ2v) is 9.76. The smallest absolute Gasteiger partial charge is 0.327 e. The van der Waals surface area contributed by atoms with Gasteiger partial charge in [-0.25, -0.2) is 4.79 Å². The average molecular weight is 513 g/mol. The highest BCUT2D eigenvalue weighted by molar-refractivity contribution is 7.98. The van der Waals surface area contributed by atoms with Crippen LogP contribution in [-0.4, -0.2) is 70.7 Å². The molecule has 0 spiro atoms. The van der Waals surface area contributed by atoms with E-state index in [1.54, 1.807) is 36.0 Å². The number of thiol groups is 1. The molecule has 3 amide bonds. The maximum absolute atomic E-state index is 13.2. The summed E-state index contributed by atoms with van der Waals surface area (Å²) in [7, 11) is 0. The number of carboxylic acid groups (broad SMARTS) is 1. The molecule has 9 nitrogen and oxygen atoms in total. The van der Waals surface area contributed by atoms with Crippen LogP contribution in [0, 0.1) is 5.92 Å². The number of benzene rings is 1. The maximum Gasteiger partial charge on any atom is 0.327 e. The SMILES string of the molecule is CSCCC(N)C(=O)NC(CC(C)C)C(=O)NC(Cc1ccccc1)C(=O)NC(CS)C(=O)O. The number of nitrogens with two attached hydrogens (primary N) is 1. The van der Waals surface area contributed by atoms with Gasteiger partial charge in [0.15, 0.2) is 0 Å². The monoisotopic (exact) mass is 512 g/mol. The fraction of sp³-hybridized carbons (Fsp3) is 0.565. The number of thioether (sulfide) groups is 1. The highest BCUT2D eigenvalue weighted by Gasteiger charge is 2.30. The van der Waals surface area contributed by atoms with E-state index in [4.69, 9.17) is 5.73 Å². The lowest BCUT2D eigenvalue weighted by Gasteiger charge is -2.26. The van der Waals surface area contributed by atoms with Gasteiger partial charge >= 0.3 is 5.97 Å². The fourth-order valence-corrected chi connectivity index (χ4v) is 3.88. The van der Waals surface area contributed by atoms with Crippen LogP contribution in [0.15, 0.2) is 30.3 Å². The van der Waals surface area contributed by atoms with Gasteiger partial charge in [0.1, 0.15) is 18.1 Å². The molecule has 0 aliphatic heterocycles. The molecule has 0 saturated heterocycles. The molecule has 0 radical (unpaired) electrons. The largest absolute Gasteiger partial charge is 0.480 e. The van der Waals surface area contributed by atoms with Crippen LogP contribution in [-0.2, 0) is 25.6 Å². The Morgan fingerprint density at radius 2 is 1.53 bits per heavy atom. The first kappa shape index (κ1) is 29.8. The van der Waals surface area contributed by atoms with Crippen LogP contribution in [0.25, 0.3) is 0 Å². The first-order valence-corrected chi connectivity index (χ1v) is 13.1. The molecule has 34 heavy (non-hydrogen) atoms. The van der Waals surface area contributed by atoms with E-state index in [2.05, 4.69) is 28.6 Å². The third-order valence-electron chi connectivity index (χ3n) is 5.02. The summed E-state index contributed by atoms with van der Waals surface area (Å²) in [6.45, 7) is 3.83. The summed E-state index contributed by atoms with van der Waals surface area (Å²) in [5, 5.41) is 17.1. The summed E-state index contributed by atoms with van der Waals surface area (Å²) in [6.07, 6.45) is 2.89. The zero-order chi connectivity index (χ0) is 25.7. The summed E-state index contributed by atoms with van der Waals surface area (Å²) >= 11 is 5.55. The van der Waals surface area contributed by atoms with Gasteiger partial charge in [0.25, 0.3) is 0 Å². The minimum absolute atomic E-state index is 0.0837. The van der Waals surface area contributed by atoms with E-state index < -0.39 is 47.9 Å². The van der Waals surface area contributed by atoms with Crippen LogP contribution in [0.1, 0.15) is 32.3 Å².